The fourth-order valence-corrected chi connectivity index (χ4v) is 3.90. The Morgan fingerprint density at radius 2 is 2.00 bits per heavy atom. The van der Waals surface area contributed by atoms with Gasteiger partial charge in [-0.05, 0) is 44.4 Å². The largest absolute Gasteiger partial charge is 0.481 e. The second-order valence-corrected chi connectivity index (χ2v) is 6.69. The van der Waals surface area contributed by atoms with Gasteiger partial charge in [-0.25, -0.2) is 0 Å². The molecule has 1 spiro atoms. The third kappa shape index (κ3) is 2.43. The average molecular weight is 281 g/mol. The van der Waals surface area contributed by atoms with Crippen LogP contribution in [0.5, 0.6) is 0 Å². The molecule has 1 N–H and O–H groups in total. The average Bonchev–Trinajstić information content (AvgIpc) is 3.13. The molecule has 0 radical (unpaired) electrons. The van der Waals surface area contributed by atoms with Crippen LogP contribution in [0, 0.1) is 17.3 Å². The van der Waals surface area contributed by atoms with E-state index in [2.05, 4.69) is 0 Å². The summed E-state index contributed by atoms with van der Waals surface area (Å²) in [6, 6.07) is 0. The number of aliphatic carboxylic acids is 1. The first-order valence-corrected chi connectivity index (χ1v) is 7.65. The molecule has 0 bridgehead atoms. The highest BCUT2D eigenvalue weighted by molar-refractivity contribution is 5.79. The molecule has 1 aliphatic carbocycles. The van der Waals surface area contributed by atoms with Crippen LogP contribution in [0.15, 0.2) is 0 Å². The first-order valence-electron chi connectivity index (χ1n) is 7.65. The summed E-state index contributed by atoms with van der Waals surface area (Å²) in [7, 11) is 0. The molecule has 0 aromatic carbocycles. The Balaban J connectivity index is 1.53. The van der Waals surface area contributed by atoms with Gasteiger partial charge in [-0.1, -0.05) is 0 Å². The number of amides is 1. The third-order valence-corrected chi connectivity index (χ3v) is 5.39. The normalized spacial score (nSPS) is 35.9. The van der Waals surface area contributed by atoms with E-state index in [0.717, 1.165) is 45.2 Å². The summed E-state index contributed by atoms with van der Waals surface area (Å²) < 4.78 is 5.49. The molecule has 3 unspecified atom stereocenters. The maximum atomic E-state index is 12.5. The van der Waals surface area contributed by atoms with Crippen molar-refractivity contribution in [1.82, 2.24) is 4.90 Å². The number of carbonyl (C=O) groups is 2. The summed E-state index contributed by atoms with van der Waals surface area (Å²) >= 11 is 0. The lowest BCUT2D eigenvalue weighted by Gasteiger charge is -2.36. The number of piperidine rings is 1. The highest BCUT2D eigenvalue weighted by Crippen LogP contribution is 2.59. The molecule has 2 heterocycles. The summed E-state index contributed by atoms with van der Waals surface area (Å²) in [5, 5.41) is 9.08. The van der Waals surface area contributed by atoms with Crippen molar-refractivity contribution in [2.75, 3.05) is 19.7 Å². The second kappa shape index (κ2) is 5.02. The lowest BCUT2D eigenvalue weighted by Crippen LogP contribution is -2.44. The number of nitrogens with zero attached hydrogens (tertiary/aromatic N) is 1. The quantitative estimate of drug-likeness (QED) is 0.833. The van der Waals surface area contributed by atoms with Gasteiger partial charge in [-0.2, -0.15) is 0 Å². The van der Waals surface area contributed by atoms with Gasteiger partial charge in [0.05, 0.1) is 12.0 Å². The molecule has 112 valence electrons. The fraction of sp³-hybridized carbons (Fsp3) is 0.867. The van der Waals surface area contributed by atoms with Gasteiger partial charge >= 0.3 is 5.97 Å². The van der Waals surface area contributed by atoms with Crippen molar-refractivity contribution in [3.8, 4) is 0 Å². The predicted molar refractivity (Wildman–Crippen MR) is 72.1 cm³/mol. The molecule has 5 nitrogen and oxygen atoms in total. The lowest BCUT2D eigenvalue weighted by molar-refractivity contribution is -0.142. The number of carboxylic acid groups (broad SMARTS) is 1. The third-order valence-electron chi connectivity index (χ3n) is 5.39. The minimum absolute atomic E-state index is 0.00554. The first kappa shape index (κ1) is 13.9. The van der Waals surface area contributed by atoms with Crippen molar-refractivity contribution < 1.29 is 19.4 Å². The van der Waals surface area contributed by atoms with E-state index in [-0.39, 0.29) is 29.3 Å². The maximum absolute atomic E-state index is 12.5. The van der Waals surface area contributed by atoms with Gasteiger partial charge in [-0.15, -0.1) is 0 Å². The Kier molecular flexibility index (Phi) is 3.48. The zero-order chi connectivity index (χ0) is 14.3. The summed E-state index contributed by atoms with van der Waals surface area (Å²) in [6.07, 6.45) is 4.33. The number of hydrogen-bond donors (Lipinski definition) is 1. The minimum Gasteiger partial charge on any atom is -0.481 e. The number of carboxylic acids is 1. The van der Waals surface area contributed by atoms with Crippen LogP contribution < -0.4 is 0 Å². The molecule has 2 saturated heterocycles. The highest BCUT2D eigenvalue weighted by Gasteiger charge is 2.59. The number of likely N-dealkylation sites (tertiary alicyclic amines) is 1. The van der Waals surface area contributed by atoms with E-state index in [1.807, 2.05) is 11.8 Å². The van der Waals surface area contributed by atoms with E-state index < -0.39 is 5.97 Å². The molecule has 20 heavy (non-hydrogen) atoms. The molecule has 3 aliphatic rings. The van der Waals surface area contributed by atoms with Crippen LogP contribution in [0.2, 0.25) is 0 Å². The van der Waals surface area contributed by atoms with Gasteiger partial charge in [0.2, 0.25) is 5.91 Å². The lowest BCUT2D eigenvalue weighted by atomic mass is 9.88. The van der Waals surface area contributed by atoms with Crippen LogP contribution in [0.1, 0.15) is 39.0 Å². The molecule has 1 saturated carbocycles. The van der Waals surface area contributed by atoms with E-state index in [1.165, 1.54) is 0 Å². The summed E-state index contributed by atoms with van der Waals surface area (Å²) in [5.74, 6) is -0.476. The molecule has 0 aromatic rings. The molecule has 5 heteroatoms. The maximum Gasteiger partial charge on any atom is 0.307 e. The van der Waals surface area contributed by atoms with E-state index in [1.54, 1.807) is 0 Å². The standard InChI is InChI=1S/C15H23NO4/c1-10-8-11(2-7-20-10)13(17)16-5-3-15(4-6-16)9-12(15)14(18)19/h10-12H,2-9H2,1H3,(H,18,19). The van der Waals surface area contributed by atoms with Gasteiger partial charge in [0.25, 0.3) is 0 Å². The summed E-state index contributed by atoms with van der Waals surface area (Å²) in [5.41, 5.74) is 0.00554. The zero-order valence-electron chi connectivity index (χ0n) is 12.0. The smallest absolute Gasteiger partial charge is 0.307 e. The van der Waals surface area contributed by atoms with Crippen LogP contribution in [0.25, 0.3) is 0 Å². The topological polar surface area (TPSA) is 66.8 Å². The van der Waals surface area contributed by atoms with Crippen molar-refractivity contribution >= 4 is 11.9 Å². The van der Waals surface area contributed by atoms with Crippen LogP contribution in [-0.4, -0.2) is 47.7 Å². The number of hydrogen-bond acceptors (Lipinski definition) is 3. The monoisotopic (exact) mass is 281 g/mol. The van der Waals surface area contributed by atoms with Crippen LogP contribution in [-0.2, 0) is 14.3 Å². The number of rotatable bonds is 2. The second-order valence-electron chi connectivity index (χ2n) is 6.69. The zero-order valence-corrected chi connectivity index (χ0v) is 12.0. The van der Waals surface area contributed by atoms with Gasteiger partial charge in [-0.3, -0.25) is 9.59 Å². The Hall–Kier alpha value is -1.10. The molecule has 1 amide bonds. The Labute approximate surface area is 119 Å². The molecular weight excluding hydrogens is 258 g/mol. The Morgan fingerprint density at radius 1 is 1.30 bits per heavy atom. The van der Waals surface area contributed by atoms with Gasteiger partial charge in [0.15, 0.2) is 0 Å². The predicted octanol–water partition coefficient (Wildman–Crippen LogP) is 1.51. The highest BCUT2D eigenvalue weighted by atomic mass is 16.5. The Bertz CT molecular complexity index is 414. The minimum atomic E-state index is -0.664. The molecule has 3 fully saturated rings. The fourth-order valence-electron chi connectivity index (χ4n) is 3.90. The van der Waals surface area contributed by atoms with Crippen LogP contribution >= 0.6 is 0 Å². The van der Waals surface area contributed by atoms with E-state index >= 15 is 0 Å². The molecule has 2 aliphatic heterocycles. The van der Waals surface area contributed by atoms with Crippen molar-refractivity contribution in [1.29, 1.82) is 0 Å². The SMILES string of the molecule is CC1CC(C(=O)N2CCC3(CC2)CC3C(=O)O)CCO1. The van der Waals surface area contributed by atoms with Crippen LogP contribution in [0.3, 0.4) is 0 Å². The molecule has 3 rings (SSSR count). The number of carbonyl (C=O) groups excluding carboxylic acids is 1. The summed E-state index contributed by atoms with van der Waals surface area (Å²) in [6.45, 7) is 4.16. The van der Waals surface area contributed by atoms with Gasteiger partial charge in [0, 0.05) is 25.6 Å². The van der Waals surface area contributed by atoms with Crippen molar-refractivity contribution in [3.05, 3.63) is 0 Å². The van der Waals surface area contributed by atoms with Crippen LogP contribution in [0.4, 0.5) is 0 Å². The van der Waals surface area contributed by atoms with E-state index in [4.69, 9.17) is 9.84 Å². The molecule has 0 aromatic heterocycles. The molecular formula is C15H23NO4. The van der Waals surface area contributed by atoms with Crippen molar-refractivity contribution in [3.63, 3.8) is 0 Å². The Morgan fingerprint density at radius 3 is 2.55 bits per heavy atom. The van der Waals surface area contributed by atoms with Crippen molar-refractivity contribution in [2.24, 2.45) is 17.3 Å². The van der Waals surface area contributed by atoms with Gasteiger partial charge in [0.1, 0.15) is 0 Å². The van der Waals surface area contributed by atoms with Crippen molar-refractivity contribution in [2.45, 2.75) is 45.1 Å². The van der Waals surface area contributed by atoms with E-state index in [0.29, 0.717) is 6.61 Å². The summed E-state index contributed by atoms with van der Waals surface area (Å²) in [4.78, 5) is 25.5. The first-order chi connectivity index (χ1) is 9.52. The number of ether oxygens (including phenoxy) is 1. The van der Waals surface area contributed by atoms with E-state index in [9.17, 15) is 9.59 Å². The van der Waals surface area contributed by atoms with Gasteiger partial charge < -0.3 is 14.7 Å². The molecule has 3 atom stereocenters.